The van der Waals surface area contributed by atoms with Crippen LogP contribution in [-0.2, 0) is 13.0 Å². The van der Waals surface area contributed by atoms with E-state index in [-0.39, 0.29) is 17.8 Å². The van der Waals surface area contributed by atoms with E-state index in [2.05, 4.69) is 17.1 Å². The molecule has 1 aliphatic rings. The highest BCUT2D eigenvalue weighted by Gasteiger charge is 2.26. The first kappa shape index (κ1) is 18.6. The maximum absolute atomic E-state index is 13.3. The fraction of sp³-hybridized carbons (Fsp3) is 0.304. The van der Waals surface area contributed by atoms with Crippen molar-refractivity contribution in [2.45, 2.75) is 32.9 Å². The van der Waals surface area contributed by atoms with Crippen LogP contribution in [0.25, 0.3) is 10.9 Å². The third kappa shape index (κ3) is 3.50. The van der Waals surface area contributed by atoms with E-state index in [1.165, 1.54) is 12.1 Å². The van der Waals surface area contributed by atoms with E-state index >= 15 is 0 Å². The van der Waals surface area contributed by atoms with Gasteiger partial charge in [-0.1, -0.05) is 37.3 Å². The summed E-state index contributed by atoms with van der Waals surface area (Å²) in [4.78, 5) is 20.5. The number of hydrogen-bond donors (Lipinski definition) is 1. The van der Waals surface area contributed by atoms with Crippen LogP contribution in [0.2, 0.25) is 0 Å². The number of fused-ring (bicyclic) bond motifs is 2. The molecule has 2 aromatic carbocycles. The summed E-state index contributed by atoms with van der Waals surface area (Å²) in [6.45, 7) is 6.69. The summed E-state index contributed by atoms with van der Waals surface area (Å²) in [5.74, 6) is -0.388. The van der Waals surface area contributed by atoms with Crippen molar-refractivity contribution in [1.82, 2.24) is 15.2 Å². The molecule has 1 amide bonds. The molecule has 0 saturated heterocycles. The topological polar surface area (TPSA) is 45.2 Å². The van der Waals surface area contributed by atoms with Crippen molar-refractivity contribution < 1.29 is 9.18 Å². The first-order valence-electron chi connectivity index (χ1n) is 9.76. The smallest absolute Gasteiger partial charge is 0.252 e. The minimum Gasteiger partial charge on any atom is -0.345 e. The van der Waals surface area contributed by atoms with Crippen molar-refractivity contribution >= 4 is 16.8 Å². The summed E-state index contributed by atoms with van der Waals surface area (Å²) in [5, 5.41) is 3.98. The van der Waals surface area contributed by atoms with E-state index in [1.807, 2.05) is 31.2 Å². The van der Waals surface area contributed by atoms with E-state index in [4.69, 9.17) is 4.98 Å². The van der Waals surface area contributed by atoms with Gasteiger partial charge in [-0.25, -0.2) is 4.39 Å². The van der Waals surface area contributed by atoms with Crippen LogP contribution in [0.1, 0.15) is 47.1 Å². The number of amides is 1. The van der Waals surface area contributed by atoms with Gasteiger partial charge in [0.05, 0.1) is 17.1 Å². The molecule has 0 saturated carbocycles. The maximum Gasteiger partial charge on any atom is 0.252 e. The van der Waals surface area contributed by atoms with Gasteiger partial charge in [-0.2, -0.15) is 0 Å². The van der Waals surface area contributed by atoms with Crippen molar-refractivity contribution in [3.8, 4) is 0 Å². The Morgan fingerprint density at radius 2 is 1.96 bits per heavy atom. The van der Waals surface area contributed by atoms with Crippen LogP contribution in [0.15, 0.2) is 48.5 Å². The second-order valence-corrected chi connectivity index (χ2v) is 7.29. The predicted molar refractivity (Wildman–Crippen MR) is 109 cm³/mol. The molecule has 0 unspecified atom stereocenters. The molecule has 144 valence electrons. The zero-order chi connectivity index (χ0) is 19.7. The summed E-state index contributed by atoms with van der Waals surface area (Å²) in [7, 11) is 0. The van der Waals surface area contributed by atoms with E-state index in [0.717, 1.165) is 53.8 Å². The van der Waals surface area contributed by atoms with Gasteiger partial charge >= 0.3 is 0 Å². The van der Waals surface area contributed by atoms with Crippen molar-refractivity contribution in [3.63, 3.8) is 0 Å². The molecule has 0 aliphatic carbocycles. The van der Waals surface area contributed by atoms with Gasteiger partial charge in [0.1, 0.15) is 5.82 Å². The number of pyridine rings is 1. The molecule has 3 aromatic rings. The molecule has 0 spiro atoms. The zero-order valence-corrected chi connectivity index (χ0v) is 16.2. The zero-order valence-electron chi connectivity index (χ0n) is 16.2. The summed E-state index contributed by atoms with van der Waals surface area (Å²) in [5.41, 5.74) is 4.48. The molecule has 1 aromatic heterocycles. The molecule has 0 fully saturated rings. The van der Waals surface area contributed by atoms with E-state index < -0.39 is 0 Å². The van der Waals surface area contributed by atoms with Gasteiger partial charge in [-0.05, 0) is 37.2 Å². The number of rotatable bonds is 4. The second-order valence-electron chi connectivity index (χ2n) is 7.29. The number of aromatic nitrogens is 1. The third-order valence-corrected chi connectivity index (χ3v) is 5.52. The first-order chi connectivity index (χ1) is 13.6. The van der Waals surface area contributed by atoms with Gasteiger partial charge in [-0.3, -0.25) is 14.7 Å². The minimum absolute atomic E-state index is 0.107. The lowest BCUT2D eigenvalue weighted by Gasteiger charge is -2.29. The van der Waals surface area contributed by atoms with Crippen molar-refractivity contribution in [3.05, 3.63) is 76.7 Å². The number of benzene rings is 2. The molecule has 4 nitrogen and oxygen atoms in total. The SMILES string of the molecule is CCN1CCc2nc3ccccc3c(C(=O)N[C@H](C)c3ccc(F)cc3)c2C1. The van der Waals surface area contributed by atoms with Crippen LogP contribution in [0, 0.1) is 5.82 Å². The Morgan fingerprint density at radius 1 is 1.21 bits per heavy atom. The molecular formula is C23H24FN3O. The highest BCUT2D eigenvalue weighted by molar-refractivity contribution is 6.07. The number of carbonyl (C=O) groups excluding carboxylic acids is 1. The summed E-state index contributed by atoms with van der Waals surface area (Å²) >= 11 is 0. The lowest BCUT2D eigenvalue weighted by molar-refractivity contribution is 0.0938. The van der Waals surface area contributed by atoms with Gasteiger partial charge in [0.15, 0.2) is 0 Å². The van der Waals surface area contributed by atoms with Crippen LogP contribution in [0.4, 0.5) is 4.39 Å². The monoisotopic (exact) mass is 377 g/mol. The van der Waals surface area contributed by atoms with Crippen LogP contribution >= 0.6 is 0 Å². The molecule has 4 rings (SSSR count). The van der Waals surface area contributed by atoms with Gasteiger partial charge in [0.2, 0.25) is 0 Å². The molecular weight excluding hydrogens is 353 g/mol. The Kier molecular flexibility index (Phi) is 5.09. The number of nitrogens with zero attached hydrogens (tertiary/aromatic N) is 2. The summed E-state index contributed by atoms with van der Waals surface area (Å²) in [6, 6.07) is 13.8. The molecule has 1 aliphatic heterocycles. The Labute approximate surface area is 164 Å². The molecule has 2 heterocycles. The number of likely N-dealkylation sites (N-methyl/N-ethyl adjacent to an activating group) is 1. The number of hydrogen-bond acceptors (Lipinski definition) is 3. The number of carbonyl (C=O) groups is 1. The van der Waals surface area contributed by atoms with Crippen LogP contribution < -0.4 is 5.32 Å². The highest BCUT2D eigenvalue weighted by atomic mass is 19.1. The standard InChI is InChI=1S/C23H24FN3O/c1-3-27-13-12-21-19(14-27)22(18-6-4-5-7-20(18)26-21)23(28)25-15(2)16-8-10-17(24)11-9-16/h4-11,15H,3,12-14H2,1-2H3,(H,25,28)/t15-/m1/s1. The molecule has 0 radical (unpaired) electrons. The normalized spacial score (nSPS) is 15.2. The Bertz CT molecular complexity index is 1020. The molecule has 5 heteroatoms. The largest absolute Gasteiger partial charge is 0.345 e. The van der Waals surface area contributed by atoms with Crippen LogP contribution in [0.3, 0.4) is 0 Å². The molecule has 0 bridgehead atoms. The minimum atomic E-state index is -0.281. The predicted octanol–water partition coefficient (Wildman–Crippen LogP) is 4.24. The maximum atomic E-state index is 13.3. The first-order valence-corrected chi connectivity index (χ1v) is 9.76. The fourth-order valence-electron chi connectivity index (χ4n) is 3.88. The van der Waals surface area contributed by atoms with Crippen LogP contribution in [-0.4, -0.2) is 28.9 Å². The van der Waals surface area contributed by atoms with Gasteiger partial charge in [-0.15, -0.1) is 0 Å². The Morgan fingerprint density at radius 3 is 2.71 bits per heavy atom. The lowest BCUT2D eigenvalue weighted by Crippen LogP contribution is -2.34. The van der Waals surface area contributed by atoms with Gasteiger partial charge in [0.25, 0.3) is 5.91 Å². The summed E-state index contributed by atoms with van der Waals surface area (Å²) in [6.07, 6.45) is 0.849. The van der Waals surface area contributed by atoms with Gasteiger partial charge in [0, 0.05) is 36.2 Å². The van der Waals surface area contributed by atoms with E-state index in [9.17, 15) is 9.18 Å². The second kappa shape index (κ2) is 7.68. The molecule has 28 heavy (non-hydrogen) atoms. The number of para-hydroxylation sites is 1. The quantitative estimate of drug-likeness (QED) is 0.740. The molecule has 1 N–H and O–H groups in total. The van der Waals surface area contributed by atoms with Crippen LogP contribution in [0.5, 0.6) is 0 Å². The average molecular weight is 377 g/mol. The molecule has 1 atom stereocenters. The van der Waals surface area contributed by atoms with Crippen molar-refractivity contribution in [2.75, 3.05) is 13.1 Å². The number of nitrogens with one attached hydrogen (secondary N) is 1. The Balaban J connectivity index is 1.74. The Hall–Kier alpha value is -2.79. The average Bonchev–Trinajstić information content (AvgIpc) is 2.71. The van der Waals surface area contributed by atoms with Gasteiger partial charge < -0.3 is 5.32 Å². The summed E-state index contributed by atoms with van der Waals surface area (Å²) < 4.78 is 13.2. The van der Waals surface area contributed by atoms with E-state index in [0.29, 0.717) is 5.56 Å². The highest BCUT2D eigenvalue weighted by Crippen LogP contribution is 2.28. The van der Waals surface area contributed by atoms with E-state index in [1.54, 1.807) is 12.1 Å². The van der Waals surface area contributed by atoms with Crippen molar-refractivity contribution in [1.29, 1.82) is 0 Å². The fourth-order valence-corrected chi connectivity index (χ4v) is 3.88. The third-order valence-electron chi connectivity index (χ3n) is 5.52. The van der Waals surface area contributed by atoms with Crippen molar-refractivity contribution in [2.24, 2.45) is 0 Å². The number of halogens is 1. The lowest BCUT2D eigenvalue weighted by atomic mass is 9.94.